The molecular weight excluding hydrogens is 318 g/mol. The van der Waals surface area contributed by atoms with Crippen LogP contribution in [0, 0.1) is 0 Å². The summed E-state index contributed by atoms with van der Waals surface area (Å²) in [4.78, 5) is 13.2. The summed E-state index contributed by atoms with van der Waals surface area (Å²) in [7, 11) is 3.56. The van der Waals surface area contributed by atoms with Gasteiger partial charge in [0.25, 0.3) is 0 Å². The molecule has 0 amide bonds. The van der Waals surface area contributed by atoms with Crippen LogP contribution in [0.1, 0.15) is 25.5 Å². The topological polar surface area (TPSA) is 53.0 Å². The van der Waals surface area contributed by atoms with E-state index in [1.807, 2.05) is 55.8 Å². The SMILES string of the molecule is COc1cc2c(c3c1c(=O)c1ccccc1n3C)[C@H]1O[C@@H]1C(C)(C)O2. The van der Waals surface area contributed by atoms with Gasteiger partial charge < -0.3 is 18.8 Å². The van der Waals surface area contributed by atoms with E-state index in [1.54, 1.807) is 7.11 Å². The number of methoxy groups -OCH3 is 1. The minimum Gasteiger partial charge on any atom is -0.496 e. The number of hydrogen-bond acceptors (Lipinski definition) is 4. The molecule has 25 heavy (non-hydrogen) atoms. The maximum Gasteiger partial charge on any atom is 0.200 e. The third-order valence-corrected chi connectivity index (χ3v) is 5.39. The summed E-state index contributed by atoms with van der Waals surface area (Å²) in [5, 5.41) is 1.26. The predicted octanol–water partition coefficient (Wildman–Crippen LogP) is 3.31. The van der Waals surface area contributed by atoms with Gasteiger partial charge in [0, 0.05) is 18.5 Å². The van der Waals surface area contributed by atoms with Gasteiger partial charge in [-0.3, -0.25) is 4.79 Å². The predicted molar refractivity (Wildman–Crippen MR) is 95.6 cm³/mol. The molecule has 0 saturated carbocycles. The van der Waals surface area contributed by atoms with Crippen molar-refractivity contribution in [2.45, 2.75) is 31.7 Å². The highest BCUT2D eigenvalue weighted by Gasteiger charge is 2.57. The smallest absolute Gasteiger partial charge is 0.200 e. The molecule has 1 fully saturated rings. The molecule has 2 aliphatic heterocycles. The second-order valence-electron chi connectivity index (χ2n) is 7.30. The zero-order valence-corrected chi connectivity index (χ0v) is 14.6. The largest absolute Gasteiger partial charge is 0.496 e. The summed E-state index contributed by atoms with van der Waals surface area (Å²) in [5.41, 5.74) is 2.25. The molecule has 0 radical (unpaired) electrons. The molecule has 3 heterocycles. The average Bonchev–Trinajstić information content (AvgIpc) is 3.39. The zero-order valence-electron chi connectivity index (χ0n) is 14.6. The molecule has 0 bridgehead atoms. The van der Waals surface area contributed by atoms with Crippen molar-refractivity contribution in [3.63, 3.8) is 0 Å². The van der Waals surface area contributed by atoms with Gasteiger partial charge in [-0.15, -0.1) is 0 Å². The Morgan fingerprint density at radius 3 is 2.76 bits per heavy atom. The number of aryl methyl sites for hydroxylation is 1. The van der Waals surface area contributed by atoms with E-state index in [1.165, 1.54) is 0 Å². The van der Waals surface area contributed by atoms with Crippen molar-refractivity contribution < 1.29 is 14.2 Å². The fraction of sp³-hybridized carbons (Fsp3) is 0.350. The Hall–Kier alpha value is -2.53. The summed E-state index contributed by atoms with van der Waals surface area (Å²) >= 11 is 0. The highest BCUT2D eigenvalue weighted by Crippen LogP contribution is 2.56. The average molecular weight is 337 g/mol. The first-order valence-electron chi connectivity index (χ1n) is 8.41. The van der Waals surface area contributed by atoms with Gasteiger partial charge in [-0.05, 0) is 26.0 Å². The second-order valence-corrected chi connectivity index (χ2v) is 7.30. The van der Waals surface area contributed by atoms with Crippen LogP contribution in [-0.2, 0) is 11.8 Å². The number of fused-ring (bicyclic) bond motifs is 6. The molecule has 0 aliphatic carbocycles. The first kappa shape index (κ1) is 14.8. The lowest BCUT2D eigenvalue weighted by molar-refractivity contribution is 0.0725. The van der Waals surface area contributed by atoms with Crippen LogP contribution >= 0.6 is 0 Å². The highest BCUT2D eigenvalue weighted by atomic mass is 16.6. The summed E-state index contributed by atoms with van der Waals surface area (Å²) in [6.07, 6.45) is -0.0305. The molecule has 0 unspecified atom stereocenters. The molecule has 2 aromatic carbocycles. The van der Waals surface area contributed by atoms with Gasteiger partial charge in [0.2, 0.25) is 5.43 Å². The minimum atomic E-state index is -0.397. The van der Waals surface area contributed by atoms with Crippen molar-refractivity contribution in [2.75, 3.05) is 7.11 Å². The third kappa shape index (κ3) is 1.79. The van der Waals surface area contributed by atoms with E-state index in [0.29, 0.717) is 16.5 Å². The molecule has 3 aromatic rings. The van der Waals surface area contributed by atoms with E-state index in [0.717, 1.165) is 22.3 Å². The van der Waals surface area contributed by atoms with Crippen LogP contribution in [0.5, 0.6) is 11.5 Å². The van der Waals surface area contributed by atoms with Gasteiger partial charge in [0.1, 0.15) is 29.3 Å². The van der Waals surface area contributed by atoms with Gasteiger partial charge in [0.15, 0.2) is 0 Å². The summed E-state index contributed by atoms with van der Waals surface area (Å²) in [6.45, 7) is 4.05. The Balaban J connectivity index is 2.00. The monoisotopic (exact) mass is 337 g/mol. The molecule has 5 rings (SSSR count). The van der Waals surface area contributed by atoms with E-state index < -0.39 is 5.60 Å². The van der Waals surface area contributed by atoms with Crippen molar-refractivity contribution in [2.24, 2.45) is 7.05 Å². The number of ether oxygens (including phenoxy) is 3. The molecule has 0 spiro atoms. The van der Waals surface area contributed by atoms with Crippen molar-refractivity contribution in [3.05, 3.63) is 46.1 Å². The summed E-state index contributed by atoms with van der Waals surface area (Å²) in [5.74, 6) is 1.27. The first-order chi connectivity index (χ1) is 11.9. The number of benzene rings is 2. The van der Waals surface area contributed by atoms with E-state index in [4.69, 9.17) is 14.2 Å². The van der Waals surface area contributed by atoms with Crippen LogP contribution in [0.25, 0.3) is 21.8 Å². The van der Waals surface area contributed by atoms with Gasteiger partial charge in [0.05, 0.1) is 29.1 Å². The number of para-hydroxylation sites is 1. The van der Waals surface area contributed by atoms with Crippen molar-refractivity contribution in [1.29, 1.82) is 0 Å². The van der Waals surface area contributed by atoms with Gasteiger partial charge in [-0.1, -0.05) is 12.1 Å². The summed E-state index contributed by atoms with van der Waals surface area (Å²) < 4.78 is 19.7. The number of epoxide rings is 1. The van der Waals surface area contributed by atoms with Crippen LogP contribution in [0.3, 0.4) is 0 Å². The lowest BCUT2D eigenvalue weighted by Gasteiger charge is -2.31. The number of pyridine rings is 1. The molecule has 5 nitrogen and oxygen atoms in total. The maximum absolute atomic E-state index is 13.2. The number of nitrogens with zero attached hydrogens (tertiary/aromatic N) is 1. The molecule has 128 valence electrons. The van der Waals surface area contributed by atoms with Crippen molar-refractivity contribution >= 4 is 21.8 Å². The van der Waals surface area contributed by atoms with E-state index in [9.17, 15) is 4.79 Å². The number of aromatic nitrogens is 1. The molecule has 5 heteroatoms. The molecule has 2 atom stereocenters. The van der Waals surface area contributed by atoms with Crippen molar-refractivity contribution in [3.8, 4) is 11.5 Å². The Morgan fingerprint density at radius 1 is 1.24 bits per heavy atom. The van der Waals surface area contributed by atoms with Gasteiger partial charge in [-0.2, -0.15) is 0 Å². The number of rotatable bonds is 1. The van der Waals surface area contributed by atoms with Crippen LogP contribution in [0.2, 0.25) is 0 Å². The summed E-state index contributed by atoms with van der Waals surface area (Å²) in [6, 6.07) is 9.46. The standard InChI is InChI=1S/C20H19NO4/c1-20(2)19-18(24-19)15-13(25-20)9-12(23-4)14-16(15)21(3)11-8-6-5-7-10(11)17(14)22/h5-9,18-19H,1-4H3/t18-,19+/m1/s1. The fourth-order valence-electron chi connectivity index (χ4n) is 4.14. The maximum atomic E-state index is 13.2. The Labute approximate surface area is 144 Å². The molecule has 0 N–H and O–H groups in total. The molecular formula is C20H19NO4. The third-order valence-electron chi connectivity index (χ3n) is 5.39. The Morgan fingerprint density at radius 2 is 2.00 bits per heavy atom. The first-order valence-corrected chi connectivity index (χ1v) is 8.41. The van der Waals surface area contributed by atoms with E-state index in [-0.39, 0.29) is 17.6 Å². The van der Waals surface area contributed by atoms with Crippen LogP contribution < -0.4 is 14.9 Å². The Bertz CT molecular complexity index is 1110. The fourth-order valence-corrected chi connectivity index (χ4v) is 4.14. The van der Waals surface area contributed by atoms with E-state index >= 15 is 0 Å². The normalized spacial score (nSPS) is 23.0. The van der Waals surface area contributed by atoms with Crippen LogP contribution in [0.4, 0.5) is 0 Å². The second kappa shape index (κ2) is 4.55. The Kier molecular flexibility index (Phi) is 2.69. The molecule has 1 saturated heterocycles. The highest BCUT2D eigenvalue weighted by molar-refractivity contribution is 5.99. The zero-order chi connectivity index (χ0) is 17.5. The van der Waals surface area contributed by atoms with Gasteiger partial charge in [-0.25, -0.2) is 0 Å². The quantitative estimate of drug-likeness (QED) is 0.505. The lowest BCUT2D eigenvalue weighted by atomic mass is 9.92. The molecule has 2 aliphatic rings. The van der Waals surface area contributed by atoms with Crippen molar-refractivity contribution in [1.82, 2.24) is 4.57 Å². The van der Waals surface area contributed by atoms with Gasteiger partial charge >= 0.3 is 0 Å². The van der Waals surface area contributed by atoms with Crippen LogP contribution in [0.15, 0.2) is 35.1 Å². The molecule has 1 aromatic heterocycles. The van der Waals surface area contributed by atoms with E-state index in [2.05, 4.69) is 0 Å². The minimum absolute atomic E-state index is 0.0122. The van der Waals surface area contributed by atoms with Crippen LogP contribution in [-0.4, -0.2) is 23.4 Å². The lowest BCUT2D eigenvalue weighted by Crippen LogP contribution is -2.38. The number of hydrogen-bond donors (Lipinski definition) is 0.